The molecule has 2 aliphatic heterocycles. The first kappa shape index (κ1) is 21.3. The van der Waals surface area contributed by atoms with E-state index in [9.17, 15) is 19.5 Å². The lowest BCUT2D eigenvalue weighted by Crippen LogP contribution is -2.70. The van der Waals surface area contributed by atoms with E-state index in [1.165, 1.54) is 28.4 Å². The Morgan fingerprint density at radius 1 is 1.16 bits per heavy atom. The number of carboxylic acids is 1. The second kappa shape index (κ2) is 9.07. The van der Waals surface area contributed by atoms with Crippen LogP contribution in [0.4, 0.5) is 5.69 Å². The van der Waals surface area contributed by atoms with Crippen LogP contribution in [0.5, 0.6) is 0 Å². The smallest absolute Gasteiger partial charge is 0.352 e. The van der Waals surface area contributed by atoms with Crippen molar-refractivity contribution >= 4 is 47.0 Å². The second-order valence-electron chi connectivity index (χ2n) is 7.20. The van der Waals surface area contributed by atoms with Gasteiger partial charge in [0, 0.05) is 22.1 Å². The molecule has 0 radical (unpaired) electrons. The molecule has 31 heavy (non-hydrogen) atoms. The van der Waals surface area contributed by atoms with Crippen molar-refractivity contribution in [1.29, 1.82) is 0 Å². The molecule has 0 saturated carbocycles. The molecular weight excluding hydrogens is 434 g/mol. The van der Waals surface area contributed by atoms with Gasteiger partial charge in [-0.3, -0.25) is 14.5 Å². The summed E-state index contributed by atoms with van der Waals surface area (Å²) in [5.74, 6) is -0.890. The van der Waals surface area contributed by atoms with Gasteiger partial charge in [-0.2, -0.15) is 0 Å². The van der Waals surface area contributed by atoms with Gasteiger partial charge in [0.1, 0.15) is 17.1 Å². The van der Waals surface area contributed by atoms with Gasteiger partial charge in [-0.25, -0.2) is 4.79 Å². The fourth-order valence-electron chi connectivity index (χ4n) is 3.58. The number of fused-ring (bicyclic) bond motifs is 1. The van der Waals surface area contributed by atoms with Crippen molar-refractivity contribution in [2.45, 2.75) is 22.7 Å². The third kappa shape index (κ3) is 4.42. The number of rotatable bonds is 7. The minimum atomic E-state index is -1.13. The number of nitrogens with zero attached hydrogens (tertiary/aromatic N) is 1. The predicted octanol–water partition coefficient (Wildman–Crippen LogP) is 2.34. The fourth-order valence-corrected chi connectivity index (χ4v) is 6.03. The van der Waals surface area contributed by atoms with E-state index in [1.54, 1.807) is 6.07 Å². The van der Waals surface area contributed by atoms with Gasteiger partial charge >= 0.3 is 5.97 Å². The molecule has 9 heteroatoms. The largest absolute Gasteiger partial charge is 0.477 e. The number of carbonyl (C=O) groups excluding carboxylic acids is 2. The first-order chi connectivity index (χ1) is 15.0. The summed E-state index contributed by atoms with van der Waals surface area (Å²) >= 11 is 2.92. The topological polar surface area (TPSA) is 113 Å². The van der Waals surface area contributed by atoms with Crippen molar-refractivity contribution in [3.05, 3.63) is 71.4 Å². The second-order valence-corrected chi connectivity index (χ2v) is 9.32. The number of para-hydroxylation sites is 1. The molecule has 2 aromatic carbocycles. The average molecular weight is 456 g/mol. The fraction of sp³-hybridized carbons (Fsp3) is 0.227. The summed E-state index contributed by atoms with van der Waals surface area (Å²) in [6.45, 7) is 0. The number of amides is 2. The van der Waals surface area contributed by atoms with Gasteiger partial charge in [0.05, 0.1) is 6.42 Å². The van der Waals surface area contributed by atoms with Crippen LogP contribution in [0.25, 0.3) is 0 Å². The van der Waals surface area contributed by atoms with Gasteiger partial charge in [-0.15, -0.1) is 23.5 Å². The number of anilines is 1. The number of nitrogens with two attached hydrogens (primary N) is 1. The molecule has 7 nitrogen and oxygen atoms in total. The molecule has 2 aromatic rings. The summed E-state index contributed by atoms with van der Waals surface area (Å²) in [7, 11) is 0. The van der Waals surface area contributed by atoms with Gasteiger partial charge < -0.3 is 16.2 Å². The van der Waals surface area contributed by atoms with Crippen molar-refractivity contribution in [3.8, 4) is 0 Å². The quantitative estimate of drug-likeness (QED) is 0.334. The van der Waals surface area contributed by atoms with E-state index in [1.807, 2.05) is 48.5 Å². The van der Waals surface area contributed by atoms with Crippen LogP contribution >= 0.6 is 23.5 Å². The van der Waals surface area contributed by atoms with Gasteiger partial charge in [-0.1, -0.05) is 42.5 Å². The van der Waals surface area contributed by atoms with Crippen LogP contribution in [-0.4, -0.2) is 50.7 Å². The standard InChI is InChI=1S/C22H21N3O4S2/c23-15-8-4-5-9-16(15)30-11-14-12-31-21-18(20(27)25(21)19(14)22(28)29)24-17(26)10-13-6-2-1-3-7-13/h1-9,18,21H,10-12,23H2,(H,24,26)(H,28,29). The first-order valence-corrected chi connectivity index (χ1v) is 11.7. The molecule has 0 bridgehead atoms. The Hall–Kier alpha value is -2.91. The number of nitrogens with one attached hydrogen (secondary N) is 1. The average Bonchev–Trinajstić information content (AvgIpc) is 2.76. The molecule has 0 spiro atoms. The number of hydrogen-bond acceptors (Lipinski definition) is 6. The number of thioether (sulfide) groups is 2. The zero-order valence-corrected chi connectivity index (χ0v) is 18.1. The summed E-state index contributed by atoms with van der Waals surface area (Å²) in [6.07, 6.45) is 0.171. The number of carbonyl (C=O) groups is 3. The van der Waals surface area contributed by atoms with E-state index in [0.29, 0.717) is 22.8 Å². The van der Waals surface area contributed by atoms with Crippen molar-refractivity contribution in [2.24, 2.45) is 0 Å². The molecule has 160 valence electrons. The number of benzene rings is 2. The Bertz CT molecular complexity index is 1060. The molecule has 2 aliphatic rings. The number of nitrogen functional groups attached to an aromatic ring is 1. The summed E-state index contributed by atoms with van der Waals surface area (Å²) in [4.78, 5) is 39.3. The number of aliphatic carboxylic acids is 1. The highest BCUT2D eigenvalue weighted by atomic mass is 32.2. The molecule has 1 fully saturated rings. The van der Waals surface area contributed by atoms with Gasteiger partial charge in [0.2, 0.25) is 5.91 Å². The lowest BCUT2D eigenvalue weighted by molar-refractivity contribution is -0.150. The molecule has 4 N–H and O–H groups in total. The number of carboxylic acid groups (broad SMARTS) is 1. The first-order valence-electron chi connectivity index (χ1n) is 9.66. The zero-order chi connectivity index (χ0) is 22.0. The molecule has 0 aromatic heterocycles. The maximum atomic E-state index is 12.7. The van der Waals surface area contributed by atoms with E-state index >= 15 is 0 Å². The van der Waals surface area contributed by atoms with Gasteiger partial charge in [0.15, 0.2) is 0 Å². The predicted molar refractivity (Wildman–Crippen MR) is 121 cm³/mol. The van der Waals surface area contributed by atoms with Crippen LogP contribution in [0.1, 0.15) is 5.56 Å². The molecule has 2 amide bonds. The highest BCUT2D eigenvalue weighted by Crippen LogP contribution is 2.42. The monoisotopic (exact) mass is 455 g/mol. The molecule has 2 unspecified atom stereocenters. The Morgan fingerprint density at radius 3 is 2.58 bits per heavy atom. The van der Waals surface area contributed by atoms with E-state index in [4.69, 9.17) is 5.73 Å². The minimum Gasteiger partial charge on any atom is -0.477 e. The van der Waals surface area contributed by atoms with Gasteiger partial charge in [0.25, 0.3) is 5.91 Å². The van der Waals surface area contributed by atoms with E-state index in [-0.39, 0.29) is 18.0 Å². The van der Waals surface area contributed by atoms with Crippen LogP contribution in [0.3, 0.4) is 0 Å². The van der Waals surface area contributed by atoms with Crippen LogP contribution in [-0.2, 0) is 20.8 Å². The summed E-state index contributed by atoms with van der Waals surface area (Å²) in [6, 6.07) is 15.9. The molecule has 2 atom stereocenters. The van der Waals surface area contributed by atoms with Crippen LogP contribution in [0.2, 0.25) is 0 Å². The lowest BCUT2D eigenvalue weighted by atomic mass is 10.0. The third-order valence-corrected chi connectivity index (χ3v) is 7.61. The highest BCUT2D eigenvalue weighted by molar-refractivity contribution is 8.01. The number of hydrogen-bond donors (Lipinski definition) is 3. The highest BCUT2D eigenvalue weighted by Gasteiger charge is 2.54. The lowest BCUT2D eigenvalue weighted by Gasteiger charge is -2.49. The normalized spacial score (nSPS) is 20.1. The van der Waals surface area contributed by atoms with Gasteiger partial charge in [-0.05, 0) is 23.3 Å². The van der Waals surface area contributed by atoms with Crippen molar-refractivity contribution in [3.63, 3.8) is 0 Å². The maximum Gasteiger partial charge on any atom is 0.352 e. The minimum absolute atomic E-state index is 0.0179. The maximum absolute atomic E-state index is 12.7. The summed E-state index contributed by atoms with van der Waals surface area (Å²) in [5.41, 5.74) is 8.14. The van der Waals surface area contributed by atoms with Crippen LogP contribution < -0.4 is 11.1 Å². The Labute approximate surface area is 188 Å². The van der Waals surface area contributed by atoms with Crippen molar-refractivity contribution < 1.29 is 19.5 Å². The van der Waals surface area contributed by atoms with E-state index < -0.39 is 23.3 Å². The Balaban J connectivity index is 1.44. The third-order valence-electron chi connectivity index (χ3n) is 5.09. The zero-order valence-electron chi connectivity index (χ0n) is 16.5. The summed E-state index contributed by atoms with van der Waals surface area (Å²) in [5, 5.41) is 12.1. The SMILES string of the molecule is Nc1ccccc1SCC1=C(C(=O)O)N2C(=O)C(NC(=O)Cc3ccccc3)C2SC1. The van der Waals surface area contributed by atoms with Crippen LogP contribution in [0, 0.1) is 0 Å². The van der Waals surface area contributed by atoms with Crippen LogP contribution in [0.15, 0.2) is 70.8 Å². The molecule has 4 rings (SSSR count). The Morgan fingerprint density at radius 2 is 1.87 bits per heavy atom. The molecule has 0 aliphatic carbocycles. The van der Waals surface area contributed by atoms with E-state index in [2.05, 4.69) is 5.32 Å². The molecule has 1 saturated heterocycles. The summed E-state index contributed by atoms with van der Waals surface area (Å²) < 4.78 is 0. The van der Waals surface area contributed by atoms with Crippen molar-refractivity contribution in [1.82, 2.24) is 10.2 Å². The molecule has 2 heterocycles. The molecular formula is C22H21N3O4S2. The van der Waals surface area contributed by atoms with E-state index in [0.717, 1.165) is 10.5 Å². The van der Waals surface area contributed by atoms with Crippen molar-refractivity contribution in [2.75, 3.05) is 17.2 Å². The Kier molecular flexibility index (Phi) is 6.24. The number of β-lactam (4-membered cyclic amide) rings is 1.